The van der Waals surface area contributed by atoms with Crippen LogP contribution >= 0.6 is 35.0 Å². The first-order valence-corrected chi connectivity index (χ1v) is 11.4. The van der Waals surface area contributed by atoms with E-state index in [2.05, 4.69) is 58.1 Å². The van der Waals surface area contributed by atoms with Crippen LogP contribution in [0.4, 0.5) is 5.69 Å². The molecule has 0 aliphatic carbocycles. The second kappa shape index (κ2) is 7.54. The van der Waals surface area contributed by atoms with Crippen LogP contribution in [0.15, 0.2) is 51.0 Å². The van der Waals surface area contributed by atoms with Gasteiger partial charge in [-0.25, -0.2) is 0 Å². The summed E-state index contributed by atoms with van der Waals surface area (Å²) in [6.45, 7) is 4.49. The van der Waals surface area contributed by atoms with E-state index in [0.717, 1.165) is 34.9 Å². The van der Waals surface area contributed by atoms with Crippen LogP contribution in [-0.2, 0) is 0 Å². The monoisotopic (exact) mass is 417 g/mol. The number of fused-ring (bicyclic) bond motifs is 1. The van der Waals surface area contributed by atoms with Gasteiger partial charge in [-0.05, 0) is 55.8 Å². The summed E-state index contributed by atoms with van der Waals surface area (Å²) in [6.07, 6.45) is 0.746. The summed E-state index contributed by atoms with van der Waals surface area (Å²) in [5.74, 6) is 0. The molecule has 0 amide bonds. The fraction of sp³-hybridized carbons (Fsp3) is 0.350. The Labute approximate surface area is 172 Å². The Kier molecular flexibility index (Phi) is 5.29. The highest BCUT2D eigenvalue weighted by Gasteiger charge is 2.27. The number of aromatic amines is 1. The third-order valence-corrected chi connectivity index (χ3v) is 7.55. The van der Waals surface area contributed by atoms with Crippen LogP contribution < -0.4 is 4.31 Å². The first kappa shape index (κ1) is 18.9. The minimum atomic E-state index is -0.655. The van der Waals surface area contributed by atoms with Crippen molar-refractivity contribution in [1.29, 1.82) is 0 Å². The lowest BCUT2D eigenvalue weighted by atomic mass is 10.0. The summed E-state index contributed by atoms with van der Waals surface area (Å²) in [5, 5.41) is 14.7. The molecule has 0 saturated heterocycles. The van der Waals surface area contributed by atoms with Gasteiger partial charge in [-0.1, -0.05) is 30.0 Å². The molecular formula is C20H23N3OS3. The highest BCUT2D eigenvalue weighted by atomic mass is 32.2. The maximum atomic E-state index is 10.1. The summed E-state index contributed by atoms with van der Waals surface area (Å²) in [6, 6.07) is 12.8. The number of benzene rings is 1. The van der Waals surface area contributed by atoms with Crippen LogP contribution in [0.3, 0.4) is 0 Å². The van der Waals surface area contributed by atoms with Crippen LogP contribution in [0.1, 0.15) is 26.0 Å². The summed E-state index contributed by atoms with van der Waals surface area (Å²) in [7, 11) is 2.10. The average Bonchev–Trinajstić information content (AvgIpc) is 3.32. The van der Waals surface area contributed by atoms with E-state index in [1.165, 1.54) is 9.60 Å². The Balaban J connectivity index is 1.56. The average molecular weight is 418 g/mol. The van der Waals surface area contributed by atoms with Crippen LogP contribution in [0, 0.1) is 0 Å². The van der Waals surface area contributed by atoms with E-state index in [1.807, 2.05) is 13.8 Å². The Bertz CT molecular complexity index is 957. The number of hydrogen-bond donors (Lipinski definition) is 2. The second-order valence-electron chi connectivity index (χ2n) is 7.35. The predicted octanol–water partition coefficient (Wildman–Crippen LogP) is 5.40. The van der Waals surface area contributed by atoms with Gasteiger partial charge in [0.1, 0.15) is 5.04 Å². The lowest BCUT2D eigenvalue weighted by Gasteiger charge is -2.20. The van der Waals surface area contributed by atoms with E-state index in [4.69, 9.17) is 4.99 Å². The smallest absolute Gasteiger partial charge is 0.114 e. The van der Waals surface area contributed by atoms with Crippen molar-refractivity contribution in [3.63, 3.8) is 0 Å². The molecule has 27 heavy (non-hydrogen) atoms. The van der Waals surface area contributed by atoms with Crippen molar-refractivity contribution in [2.75, 3.05) is 17.9 Å². The third kappa shape index (κ3) is 4.37. The molecule has 7 heteroatoms. The Morgan fingerprint density at radius 1 is 1.33 bits per heavy atom. The van der Waals surface area contributed by atoms with Gasteiger partial charge in [0, 0.05) is 17.7 Å². The van der Waals surface area contributed by atoms with Gasteiger partial charge in [0.15, 0.2) is 0 Å². The Morgan fingerprint density at radius 2 is 2.19 bits per heavy atom. The molecular weight excluding hydrogens is 394 g/mol. The number of anilines is 1. The number of para-hydroxylation sites is 1. The zero-order valence-corrected chi connectivity index (χ0v) is 18.0. The summed E-state index contributed by atoms with van der Waals surface area (Å²) >= 11 is 5.25. The molecule has 3 heterocycles. The van der Waals surface area contributed by atoms with E-state index < -0.39 is 5.60 Å². The molecule has 2 aromatic heterocycles. The number of H-pyrrole nitrogens is 1. The first-order chi connectivity index (χ1) is 12.9. The first-order valence-electron chi connectivity index (χ1n) is 8.90. The number of nitrogens with zero attached hydrogens (tertiary/aromatic N) is 2. The lowest BCUT2D eigenvalue weighted by molar-refractivity contribution is 0.0714. The lowest BCUT2D eigenvalue weighted by Crippen LogP contribution is -2.25. The van der Waals surface area contributed by atoms with Crippen molar-refractivity contribution >= 4 is 56.7 Å². The number of thioether (sulfide) groups is 1. The van der Waals surface area contributed by atoms with Crippen LogP contribution in [0.5, 0.6) is 0 Å². The van der Waals surface area contributed by atoms with Crippen LogP contribution in [0.25, 0.3) is 10.9 Å². The fourth-order valence-corrected chi connectivity index (χ4v) is 6.37. The zero-order chi connectivity index (χ0) is 19.0. The summed E-state index contributed by atoms with van der Waals surface area (Å²) in [4.78, 5) is 8.31. The molecule has 0 saturated carbocycles. The highest BCUT2D eigenvalue weighted by molar-refractivity contribution is 8.15. The largest absolute Gasteiger partial charge is 0.390 e. The normalized spacial score (nSPS) is 17.5. The number of aromatic nitrogens is 1. The van der Waals surface area contributed by atoms with Crippen molar-refractivity contribution in [3.8, 4) is 0 Å². The second-order valence-corrected chi connectivity index (χ2v) is 11.0. The topological polar surface area (TPSA) is 51.6 Å². The van der Waals surface area contributed by atoms with Gasteiger partial charge in [-0.2, -0.15) is 0 Å². The molecule has 0 fully saturated rings. The zero-order valence-electron chi connectivity index (χ0n) is 15.6. The third-order valence-electron chi connectivity index (χ3n) is 4.37. The van der Waals surface area contributed by atoms with Crippen molar-refractivity contribution < 1.29 is 5.11 Å². The predicted molar refractivity (Wildman–Crippen MR) is 121 cm³/mol. The number of nitrogens with one attached hydrogen (secondary N) is 1. The molecule has 1 aliphatic heterocycles. The van der Waals surface area contributed by atoms with Gasteiger partial charge in [0.2, 0.25) is 0 Å². The van der Waals surface area contributed by atoms with Gasteiger partial charge in [-0.15, -0.1) is 11.3 Å². The van der Waals surface area contributed by atoms with Gasteiger partial charge in [0.05, 0.1) is 33.3 Å². The molecule has 0 radical (unpaired) electrons. The number of thiophene rings is 1. The minimum Gasteiger partial charge on any atom is -0.390 e. The van der Waals surface area contributed by atoms with Gasteiger partial charge in [0.25, 0.3) is 0 Å². The quantitative estimate of drug-likeness (QED) is 0.528. The number of rotatable bonds is 6. The molecule has 4 nitrogen and oxygen atoms in total. The van der Waals surface area contributed by atoms with E-state index in [0.29, 0.717) is 5.25 Å². The van der Waals surface area contributed by atoms with Crippen LogP contribution in [0.2, 0.25) is 0 Å². The molecule has 0 spiro atoms. The maximum Gasteiger partial charge on any atom is 0.114 e. The molecule has 2 N–H and O–H groups in total. The molecule has 1 unspecified atom stereocenters. The molecule has 0 bridgehead atoms. The standard InChI is InChI=1S/C20H23N3OS3/c1-20(2,24)11-14-12-21-19(26-14)15-10-13-6-4-7-16(18(13)22-15)23(3)27-17-8-5-9-25-17/h4-10,14,22,24H,11-12H2,1-3H3. The Hall–Kier alpha value is -1.41. The van der Waals surface area contributed by atoms with Gasteiger partial charge in [-0.3, -0.25) is 4.99 Å². The number of aliphatic imine (C=N–C) groups is 1. The van der Waals surface area contributed by atoms with E-state index >= 15 is 0 Å². The summed E-state index contributed by atoms with van der Waals surface area (Å²) in [5.41, 5.74) is 2.70. The maximum absolute atomic E-state index is 10.1. The van der Waals surface area contributed by atoms with Crippen molar-refractivity contribution in [1.82, 2.24) is 4.98 Å². The van der Waals surface area contributed by atoms with Crippen LogP contribution in [-0.4, -0.2) is 39.6 Å². The molecule has 3 aromatic rings. The summed E-state index contributed by atoms with van der Waals surface area (Å²) < 4.78 is 3.47. The number of aliphatic hydroxyl groups is 1. The fourth-order valence-electron chi connectivity index (χ4n) is 3.25. The molecule has 4 rings (SSSR count). The van der Waals surface area contributed by atoms with E-state index in [1.54, 1.807) is 35.0 Å². The SMILES string of the molecule is CN(Sc1cccs1)c1cccc2cc(C3=NCC(CC(C)(C)O)S3)[nH]c12. The number of hydrogen-bond acceptors (Lipinski definition) is 6. The molecule has 142 valence electrons. The molecule has 1 aliphatic rings. The van der Waals surface area contributed by atoms with E-state index in [9.17, 15) is 5.11 Å². The van der Waals surface area contributed by atoms with Gasteiger partial charge >= 0.3 is 0 Å². The Morgan fingerprint density at radius 3 is 2.93 bits per heavy atom. The molecule has 1 atom stereocenters. The van der Waals surface area contributed by atoms with Crippen molar-refractivity contribution in [3.05, 3.63) is 47.5 Å². The van der Waals surface area contributed by atoms with Crippen molar-refractivity contribution in [2.45, 2.75) is 35.3 Å². The molecule has 1 aromatic carbocycles. The van der Waals surface area contributed by atoms with E-state index in [-0.39, 0.29) is 0 Å². The minimum absolute atomic E-state index is 0.336. The van der Waals surface area contributed by atoms with Crippen molar-refractivity contribution in [2.24, 2.45) is 4.99 Å². The van der Waals surface area contributed by atoms with Gasteiger partial charge < -0.3 is 14.4 Å². The highest BCUT2D eigenvalue weighted by Crippen LogP contribution is 2.36.